The Kier molecular flexibility index (Phi) is 6.35. The first-order valence-corrected chi connectivity index (χ1v) is 9.45. The van der Waals surface area contributed by atoms with Gasteiger partial charge in [-0.2, -0.15) is 13.2 Å². The number of hydrogen-bond acceptors (Lipinski definition) is 3. The molecule has 2 rings (SSSR count). The number of nitrogens with one attached hydrogen (secondary N) is 1. The van der Waals surface area contributed by atoms with Crippen molar-refractivity contribution in [3.05, 3.63) is 65.2 Å². The van der Waals surface area contributed by atoms with Gasteiger partial charge in [-0.05, 0) is 35.6 Å². The fourth-order valence-corrected chi connectivity index (χ4v) is 3.79. The Bertz CT molecular complexity index is 837. The molecular weight excluding hydrogens is 372 g/mol. The SMILES string of the molecule is C[C@H](Cc1ccccc1F)CS(=O)(=O)NCc1ccc(C(F)(F)F)nc1. The third-order valence-electron chi connectivity index (χ3n) is 3.64. The predicted octanol–water partition coefficient (Wildman–Crippen LogP) is 3.54. The van der Waals surface area contributed by atoms with Crippen LogP contribution in [0.3, 0.4) is 0 Å². The second kappa shape index (κ2) is 8.13. The molecular formula is C17H18F4N2O2S. The molecule has 1 aromatic carbocycles. The smallest absolute Gasteiger partial charge is 0.251 e. The molecule has 0 aliphatic rings. The van der Waals surface area contributed by atoms with E-state index in [1.54, 1.807) is 25.1 Å². The van der Waals surface area contributed by atoms with Gasteiger partial charge < -0.3 is 0 Å². The van der Waals surface area contributed by atoms with Gasteiger partial charge in [0, 0.05) is 12.7 Å². The molecule has 2 aromatic rings. The number of benzene rings is 1. The highest BCUT2D eigenvalue weighted by Gasteiger charge is 2.32. The number of rotatable bonds is 7. The maximum absolute atomic E-state index is 13.6. The third-order valence-corrected chi connectivity index (χ3v) is 5.23. The molecule has 0 aliphatic heterocycles. The van der Waals surface area contributed by atoms with Gasteiger partial charge in [0.25, 0.3) is 0 Å². The first kappa shape index (κ1) is 20.3. The minimum atomic E-state index is -4.54. The van der Waals surface area contributed by atoms with Gasteiger partial charge in [0.05, 0.1) is 5.75 Å². The van der Waals surface area contributed by atoms with Crippen LogP contribution in [0.2, 0.25) is 0 Å². The molecule has 142 valence electrons. The number of pyridine rings is 1. The zero-order valence-corrected chi connectivity index (χ0v) is 14.7. The molecule has 0 saturated heterocycles. The van der Waals surface area contributed by atoms with Gasteiger partial charge in [-0.25, -0.2) is 17.5 Å². The van der Waals surface area contributed by atoms with E-state index in [0.717, 1.165) is 12.3 Å². The molecule has 0 unspecified atom stereocenters. The summed E-state index contributed by atoms with van der Waals surface area (Å²) in [7, 11) is -3.67. The quantitative estimate of drug-likeness (QED) is 0.736. The molecule has 1 N–H and O–H groups in total. The third kappa shape index (κ3) is 6.06. The summed E-state index contributed by atoms with van der Waals surface area (Å²) in [5, 5.41) is 0. The van der Waals surface area contributed by atoms with Crippen LogP contribution in [0, 0.1) is 11.7 Å². The molecule has 0 amide bonds. The van der Waals surface area contributed by atoms with Crippen molar-refractivity contribution in [2.75, 3.05) is 5.75 Å². The first-order chi connectivity index (χ1) is 12.1. The van der Waals surface area contributed by atoms with Gasteiger partial charge in [0.2, 0.25) is 10.0 Å². The van der Waals surface area contributed by atoms with Gasteiger partial charge in [0.1, 0.15) is 11.5 Å². The summed E-state index contributed by atoms with van der Waals surface area (Å²) in [5.74, 6) is -0.953. The molecule has 0 radical (unpaired) electrons. The average Bonchev–Trinajstić information content (AvgIpc) is 2.54. The number of aromatic nitrogens is 1. The van der Waals surface area contributed by atoms with Crippen LogP contribution in [-0.4, -0.2) is 19.2 Å². The van der Waals surface area contributed by atoms with Crippen molar-refractivity contribution in [1.82, 2.24) is 9.71 Å². The van der Waals surface area contributed by atoms with Gasteiger partial charge >= 0.3 is 6.18 Å². The van der Waals surface area contributed by atoms with Crippen molar-refractivity contribution in [3.8, 4) is 0 Å². The normalized spacial score (nSPS) is 13.6. The van der Waals surface area contributed by atoms with Crippen LogP contribution >= 0.6 is 0 Å². The summed E-state index contributed by atoms with van der Waals surface area (Å²) in [5.41, 5.74) is -0.298. The highest BCUT2D eigenvalue weighted by molar-refractivity contribution is 7.89. The number of halogens is 4. The van der Waals surface area contributed by atoms with E-state index in [0.29, 0.717) is 11.1 Å². The number of sulfonamides is 1. The second-order valence-corrected chi connectivity index (χ2v) is 7.90. The Morgan fingerprint density at radius 2 is 1.85 bits per heavy atom. The van der Waals surface area contributed by atoms with Crippen LogP contribution in [0.25, 0.3) is 0 Å². The average molecular weight is 390 g/mol. The first-order valence-electron chi connectivity index (χ1n) is 7.80. The molecule has 4 nitrogen and oxygen atoms in total. The van der Waals surface area contributed by atoms with Gasteiger partial charge in [-0.1, -0.05) is 31.2 Å². The maximum Gasteiger partial charge on any atom is 0.433 e. The fraction of sp³-hybridized carbons (Fsp3) is 0.353. The molecule has 26 heavy (non-hydrogen) atoms. The summed E-state index contributed by atoms with van der Waals surface area (Å²) >= 11 is 0. The van der Waals surface area contributed by atoms with Crippen molar-refractivity contribution in [3.63, 3.8) is 0 Å². The lowest BCUT2D eigenvalue weighted by molar-refractivity contribution is -0.141. The molecule has 9 heteroatoms. The molecule has 0 fully saturated rings. The topological polar surface area (TPSA) is 59.1 Å². The van der Waals surface area contributed by atoms with Gasteiger partial charge in [0.15, 0.2) is 0 Å². The molecule has 0 spiro atoms. The monoisotopic (exact) mass is 390 g/mol. The van der Waals surface area contributed by atoms with Crippen LogP contribution in [-0.2, 0) is 29.2 Å². The standard InChI is InChI=1S/C17H18F4N2O2S/c1-12(8-14-4-2-3-5-15(14)18)11-26(24,25)23-10-13-6-7-16(22-9-13)17(19,20)21/h2-7,9,12,23H,8,10-11H2,1H3/t12-/m1/s1. The molecule has 0 aliphatic carbocycles. The molecule has 1 atom stereocenters. The van der Waals surface area contributed by atoms with Crippen LogP contribution in [0.5, 0.6) is 0 Å². The summed E-state index contributed by atoms with van der Waals surface area (Å²) < 4.78 is 77.5. The summed E-state index contributed by atoms with van der Waals surface area (Å²) in [6, 6.07) is 8.10. The van der Waals surface area contributed by atoms with E-state index in [9.17, 15) is 26.0 Å². The number of alkyl halides is 3. The van der Waals surface area contributed by atoms with Crippen molar-refractivity contribution < 1.29 is 26.0 Å². The van der Waals surface area contributed by atoms with Gasteiger partial charge in [-0.3, -0.25) is 4.98 Å². The molecule has 1 heterocycles. The van der Waals surface area contributed by atoms with Crippen molar-refractivity contribution >= 4 is 10.0 Å². The summed E-state index contributed by atoms with van der Waals surface area (Å²) in [4.78, 5) is 3.28. The highest BCUT2D eigenvalue weighted by atomic mass is 32.2. The lowest BCUT2D eigenvalue weighted by atomic mass is 10.0. The molecule has 0 saturated carbocycles. The van der Waals surface area contributed by atoms with E-state index in [1.807, 2.05) is 0 Å². The van der Waals surface area contributed by atoms with Crippen LogP contribution in [0.1, 0.15) is 23.7 Å². The van der Waals surface area contributed by atoms with E-state index in [-0.39, 0.29) is 30.5 Å². The zero-order valence-electron chi connectivity index (χ0n) is 13.9. The van der Waals surface area contributed by atoms with Gasteiger partial charge in [-0.15, -0.1) is 0 Å². The maximum atomic E-state index is 13.6. The van der Waals surface area contributed by atoms with E-state index in [2.05, 4.69) is 9.71 Å². The van der Waals surface area contributed by atoms with Crippen molar-refractivity contribution in [1.29, 1.82) is 0 Å². The Balaban J connectivity index is 1.91. The van der Waals surface area contributed by atoms with Crippen molar-refractivity contribution in [2.24, 2.45) is 5.92 Å². The van der Waals surface area contributed by atoms with E-state index in [4.69, 9.17) is 0 Å². The van der Waals surface area contributed by atoms with E-state index >= 15 is 0 Å². The molecule has 1 aromatic heterocycles. The van der Waals surface area contributed by atoms with Crippen molar-refractivity contribution in [2.45, 2.75) is 26.1 Å². The largest absolute Gasteiger partial charge is 0.433 e. The number of hydrogen-bond donors (Lipinski definition) is 1. The lowest BCUT2D eigenvalue weighted by Crippen LogP contribution is -2.29. The van der Waals surface area contributed by atoms with Crippen LogP contribution < -0.4 is 4.72 Å². The lowest BCUT2D eigenvalue weighted by Gasteiger charge is -2.13. The Hall–Kier alpha value is -2.00. The molecule has 0 bridgehead atoms. The Labute approximate surface area is 149 Å². The van der Waals surface area contributed by atoms with Crippen LogP contribution in [0.4, 0.5) is 17.6 Å². The zero-order chi connectivity index (χ0) is 19.4. The minimum Gasteiger partial charge on any atom is -0.251 e. The highest BCUT2D eigenvalue weighted by Crippen LogP contribution is 2.27. The Morgan fingerprint density at radius 1 is 1.15 bits per heavy atom. The Morgan fingerprint density at radius 3 is 2.42 bits per heavy atom. The minimum absolute atomic E-state index is 0.167. The van der Waals surface area contributed by atoms with E-state index < -0.39 is 21.9 Å². The fourth-order valence-electron chi connectivity index (χ4n) is 2.42. The predicted molar refractivity (Wildman–Crippen MR) is 89.1 cm³/mol. The second-order valence-electron chi connectivity index (χ2n) is 6.05. The van der Waals surface area contributed by atoms with E-state index in [1.165, 1.54) is 12.1 Å². The number of nitrogens with zero attached hydrogens (tertiary/aromatic N) is 1. The summed E-state index contributed by atoms with van der Waals surface area (Å²) in [6.07, 6.45) is -3.30. The van der Waals surface area contributed by atoms with Crippen LogP contribution in [0.15, 0.2) is 42.6 Å². The summed E-state index contributed by atoms with van der Waals surface area (Å²) in [6.45, 7) is 1.52.